The maximum atomic E-state index is 11.0. The maximum Gasteiger partial charge on any atom is 0.328 e. The lowest BCUT2D eigenvalue weighted by Crippen LogP contribution is -2.19. The molecule has 128 valence electrons. The molecule has 0 saturated carbocycles. The van der Waals surface area contributed by atoms with E-state index in [2.05, 4.69) is 15.7 Å². The third-order valence-electron chi connectivity index (χ3n) is 3.19. The Labute approximate surface area is 140 Å². The highest BCUT2D eigenvalue weighted by Crippen LogP contribution is 2.14. The second-order valence-electron chi connectivity index (χ2n) is 4.93. The lowest BCUT2D eigenvalue weighted by molar-refractivity contribution is -0.138. The number of nitrogens with one attached hydrogen (secondary N) is 2. The molecule has 0 fully saturated rings. The van der Waals surface area contributed by atoms with Gasteiger partial charge in [0.25, 0.3) is 0 Å². The van der Waals surface area contributed by atoms with Gasteiger partial charge >= 0.3 is 5.97 Å². The van der Waals surface area contributed by atoms with Crippen molar-refractivity contribution in [3.8, 4) is 0 Å². The molecule has 2 aromatic rings. The lowest BCUT2D eigenvalue weighted by Gasteiger charge is -2.04. The first-order chi connectivity index (χ1) is 11.6. The predicted octanol–water partition coefficient (Wildman–Crippen LogP) is 2.00. The van der Waals surface area contributed by atoms with Gasteiger partial charge in [-0.15, -0.1) is 0 Å². The monoisotopic (exact) mass is 329 g/mol. The van der Waals surface area contributed by atoms with Crippen molar-refractivity contribution in [2.75, 3.05) is 6.54 Å². The Bertz CT molecular complexity index is 706. The quantitative estimate of drug-likeness (QED) is 0.391. The minimum absolute atomic E-state index is 0.463. The number of aromatic nitrogens is 1. The summed E-state index contributed by atoms with van der Waals surface area (Å²) in [6, 6.07) is 7.36. The van der Waals surface area contributed by atoms with Gasteiger partial charge in [0.1, 0.15) is 6.04 Å². The van der Waals surface area contributed by atoms with Gasteiger partial charge in [0.05, 0.1) is 6.34 Å². The highest BCUT2D eigenvalue weighted by Gasteiger charge is 2.13. The third-order valence-corrected chi connectivity index (χ3v) is 3.19. The Morgan fingerprint density at radius 3 is 2.83 bits per heavy atom. The van der Waals surface area contributed by atoms with Crippen LogP contribution in [0.4, 0.5) is 0 Å². The van der Waals surface area contributed by atoms with Crippen LogP contribution >= 0.6 is 0 Å². The van der Waals surface area contributed by atoms with Gasteiger partial charge in [-0.3, -0.25) is 10.4 Å². The third kappa shape index (κ3) is 6.45. The number of rotatable bonds is 7. The number of carbonyl (C=O) groups is 1. The van der Waals surface area contributed by atoms with E-state index in [1.54, 1.807) is 6.08 Å². The van der Waals surface area contributed by atoms with E-state index in [-0.39, 0.29) is 0 Å². The van der Waals surface area contributed by atoms with Crippen molar-refractivity contribution in [1.82, 2.24) is 4.98 Å². The number of aromatic amines is 1. The number of hydrogen-bond acceptors (Lipinski definition) is 4. The molecule has 0 aliphatic carbocycles. The first-order valence-corrected chi connectivity index (χ1v) is 7.53. The molecule has 1 aromatic carbocycles. The number of aliphatic imine (C=N–C) groups is 1. The van der Waals surface area contributed by atoms with Crippen molar-refractivity contribution in [1.29, 1.82) is 5.41 Å². The first kappa shape index (κ1) is 19.1. The number of benzene rings is 1. The van der Waals surface area contributed by atoms with Crippen LogP contribution in [-0.4, -0.2) is 41.2 Å². The van der Waals surface area contributed by atoms with Crippen LogP contribution in [0.1, 0.15) is 18.4 Å². The highest BCUT2D eigenvalue weighted by atomic mass is 16.4. The van der Waals surface area contributed by atoms with Crippen molar-refractivity contribution < 1.29 is 9.90 Å². The molecular weight excluding hydrogens is 306 g/mol. The number of carboxylic acid groups (broad SMARTS) is 1. The number of nitrogens with zero attached hydrogens (tertiary/aromatic N) is 1. The number of H-pyrrole nitrogens is 1. The Balaban J connectivity index is 0.000000891. The molecule has 0 bridgehead atoms. The molecule has 0 radical (unpaired) electrons. The smallest absolute Gasteiger partial charge is 0.328 e. The summed E-state index contributed by atoms with van der Waals surface area (Å²) < 4.78 is 0. The normalized spacial score (nSPS) is 12.2. The Morgan fingerprint density at radius 2 is 2.17 bits per heavy atom. The summed E-state index contributed by atoms with van der Waals surface area (Å²) in [5, 5.41) is 16.0. The summed E-state index contributed by atoms with van der Waals surface area (Å²) in [5.41, 5.74) is 11.9. The van der Waals surface area contributed by atoms with E-state index in [1.165, 1.54) is 6.21 Å². The van der Waals surface area contributed by atoms with E-state index < -0.39 is 12.0 Å². The molecule has 7 N–H and O–H groups in total. The molecule has 0 aliphatic rings. The summed E-state index contributed by atoms with van der Waals surface area (Å²) in [7, 11) is 0. The van der Waals surface area contributed by atoms with Gasteiger partial charge in [0, 0.05) is 17.9 Å². The summed E-state index contributed by atoms with van der Waals surface area (Å²) in [6.07, 6.45) is 8.95. The van der Waals surface area contributed by atoms with E-state index in [0.29, 0.717) is 19.4 Å². The molecule has 1 unspecified atom stereocenters. The first-order valence-electron chi connectivity index (χ1n) is 7.53. The summed E-state index contributed by atoms with van der Waals surface area (Å²) in [6.45, 7) is 0.477. The van der Waals surface area contributed by atoms with Crippen LogP contribution in [0.2, 0.25) is 0 Å². The average molecular weight is 329 g/mol. The van der Waals surface area contributed by atoms with E-state index in [0.717, 1.165) is 22.8 Å². The second kappa shape index (κ2) is 10.7. The van der Waals surface area contributed by atoms with Gasteiger partial charge in [-0.05, 0) is 48.5 Å². The molecule has 2 rings (SSSR count). The van der Waals surface area contributed by atoms with Gasteiger partial charge in [-0.25, -0.2) is 4.79 Å². The van der Waals surface area contributed by atoms with Gasteiger partial charge in [0.15, 0.2) is 0 Å². The molecule has 0 aliphatic heterocycles. The maximum absolute atomic E-state index is 11.0. The molecule has 1 heterocycles. The summed E-state index contributed by atoms with van der Waals surface area (Å²) in [4.78, 5) is 18.2. The SMILES string of the molecule is N=CN.NCCCC(N=C/C=C/c1ccc2cc[nH]c2c1)C(=O)O. The molecule has 0 spiro atoms. The van der Waals surface area contributed by atoms with E-state index >= 15 is 0 Å². The number of fused-ring (bicyclic) bond motifs is 1. The van der Waals surface area contributed by atoms with Crippen LogP contribution < -0.4 is 11.5 Å². The molecule has 1 atom stereocenters. The Kier molecular flexibility index (Phi) is 8.55. The highest BCUT2D eigenvalue weighted by molar-refractivity contribution is 5.85. The van der Waals surface area contributed by atoms with Crippen LogP contribution in [0.3, 0.4) is 0 Å². The summed E-state index contributed by atoms with van der Waals surface area (Å²) in [5.74, 6) is -0.916. The van der Waals surface area contributed by atoms with Crippen LogP contribution in [0.5, 0.6) is 0 Å². The van der Waals surface area contributed by atoms with E-state index in [9.17, 15) is 4.79 Å². The molecule has 0 saturated heterocycles. The largest absolute Gasteiger partial charge is 0.480 e. The van der Waals surface area contributed by atoms with Crippen molar-refractivity contribution >= 4 is 35.5 Å². The van der Waals surface area contributed by atoms with Crippen LogP contribution in [0.15, 0.2) is 41.5 Å². The topological polar surface area (TPSA) is 141 Å². The fourth-order valence-electron chi connectivity index (χ4n) is 2.05. The zero-order chi connectivity index (χ0) is 17.8. The number of carboxylic acids is 1. The standard InChI is InChI=1S/C16H19N3O2.CH4N2/c17-8-1-4-14(16(20)21)18-9-2-3-12-5-6-13-7-10-19-15(13)11-12;2-1-3/h2-3,5-7,9-11,14,19H,1,4,8,17H2,(H,20,21);1H,(H3,2,3)/b3-2+,18-9?;. The van der Waals surface area contributed by atoms with Crippen molar-refractivity contribution in [2.45, 2.75) is 18.9 Å². The van der Waals surface area contributed by atoms with Gasteiger partial charge in [0.2, 0.25) is 0 Å². The molecule has 1 aromatic heterocycles. The van der Waals surface area contributed by atoms with Crippen molar-refractivity contribution in [3.63, 3.8) is 0 Å². The zero-order valence-electron chi connectivity index (χ0n) is 13.4. The molecule has 0 amide bonds. The Hall–Kier alpha value is -2.93. The molecular formula is C17H23N5O2. The second-order valence-corrected chi connectivity index (χ2v) is 4.93. The van der Waals surface area contributed by atoms with E-state index in [4.69, 9.17) is 16.2 Å². The minimum Gasteiger partial charge on any atom is -0.480 e. The van der Waals surface area contributed by atoms with Crippen LogP contribution in [0.25, 0.3) is 17.0 Å². The Morgan fingerprint density at radius 1 is 1.42 bits per heavy atom. The van der Waals surface area contributed by atoms with Crippen molar-refractivity contribution in [2.24, 2.45) is 16.5 Å². The molecule has 7 nitrogen and oxygen atoms in total. The average Bonchev–Trinajstić information content (AvgIpc) is 3.02. The summed E-state index contributed by atoms with van der Waals surface area (Å²) >= 11 is 0. The van der Waals surface area contributed by atoms with Crippen molar-refractivity contribution in [3.05, 3.63) is 42.1 Å². The molecule has 24 heavy (non-hydrogen) atoms. The van der Waals surface area contributed by atoms with Gasteiger partial charge in [-0.2, -0.15) is 0 Å². The van der Waals surface area contributed by atoms with Gasteiger partial charge < -0.3 is 21.6 Å². The molecule has 7 heteroatoms. The minimum atomic E-state index is -0.916. The lowest BCUT2D eigenvalue weighted by atomic mass is 10.1. The van der Waals surface area contributed by atoms with Gasteiger partial charge in [-0.1, -0.05) is 18.2 Å². The number of nitrogens with two attached hydrogens (primary N) is 2. The number of aliphatic carboxylic acids is 1. The van der Waals surface area contributed by atoms with Crippen LogP contribution in [-0.2, 0) is 4.79 Å². The van der Waals surface area contributed by atoms with E-state index in [1.807, 2.05) is 36.5 Å². The number of hydrogen-bond donors (Lipinski definition) is 5. The predicted molar refractivity (Wildman–Crippen MR) is 98.5 cm³/mol. The fraction of sp³-hybridized carbons (Fsp3) is 0.235. The number of allylic oxidation sites excluding steroid dienone is 1. The zero-order valence-corrected chi connectivity index (χ0v) is 13.4. The van der Waals surface area contributed by atoms with Crippen LogP contribution in [0, 0.1) is 5.41 Å². The fourth-order valence-corrected chi connectivity index (χ4v) is 2.05.